The monoisotopic (exact) mass is 245 g/mol. The van der Waals surface area contributed by atoms with Crippen molar-refractivity contribution in [2.75, 3.05) is 6.61 Å². The van der Waals surface area contributed by atoms with E-state index in [9.17, 15) is 9.59 Å². The average Bonchev–Trinajstić information content (AvgIpc) is 2.72. The summed E-state index contributed by atoms with van der Waals surface area (Å²) in [7, 11) is 0. The number of ether oxygens (including phenoxy) is 1. The molecular weight excluding hydrogens is 234 g/mol. The molecule has 0 spiro atoms. The average molecular weight is 245 g/mol. The summed E-state index contributed by atoms with van der Waals surface area (Å²) >= 11 is 0. The van der Waals surface area contributed by atoms with E-state index in [-0.39, 0.29) is 12.6 Å². The maximum absolute atomic E-state index is 11.6. The molecule has 1 aromatic carbocycles. The minimum absolute atomic E-state index is 0.152. The maximum Gasteiger partial charge on any atom is 0.417 e. The van der Waals surface area contributed by atoms with Gasteiger partial charge in [0.05, 0.1) is 6.04 Å². The van der Waals surface area contributed by atoms with Gasteiger partial charge in [-0.1, -0.05) is 30.3 Å². The normalized spacial score (nSPS) is 18.1. The van der Waals surface area contributed by atoms with Crippen LogP contribution in [0.15, 0.2) is 30.3 Å². The molecule has 2 rings (SSSR count). The van der Waals surface area contributed by atoms with E-state index < -0.39 is 12.0 Å². The van der Waals surface area contributed by atoms with Gasteiger partial charge in [0.25, 0.3) is 0 Å². The molecule has 1 fully saturated rings. The summed E-state index contributed by atoms with van der Waals surface area (Å²) in [5.74, 6) is -0.680. The maximum atomic E-state index is 11.6. The zero-order valence-electron chi connectivity index (χ0n) is 9.52. The van der Waals surface area contributed by atoms with Crippen molar-refractivity contribution in [1.82, 2.24) is 4.90 Å². The third kappa shape index (κ3) is 2.44. The first-order valence-electron chi connectivity index (χ1n) is 5.43. The number of benzene rings is 1. The lowest BCUT2D eigenvalue weighted by Crippen LogP contribution is -2.41. The second-order valence-corrected chi connectivity index (χ2v) is 3.87. The van der Waals surface area contributed by atoms with Crippen LogP contribution < -0.4 is 0 Å². The van der Waals surface area contributed by atoms with Crippen LogP contribution in [0.4, 0.5) is 4.79 Å². The summed E-state index contributed by atoms with van der Waals surface area (Å²) < 4.78 is 4.84. The third-order valence-electron chi connectivity index (χ3n) is 2.68. The van der Waals surface area contributed by atoms with Crippen LogP contribution in [0.25, 0.3) is 5.53 Å². The molecule has 1 saturated heterocycles. The Morgan fingerprint density at radius 1 is 1.50 bits per heavy atom. The van der Waals surface area contributed by atoms with E-state index >= 15 is 0 Å². The highest BCUT2D eigenvalue weighted by molar-refractivity contribution is 6.27. The van der Waals surface area contributed by atoms with Crippen LogP contribution in [-0.2, 0) is 16.0 Å². The van der Waals surface area contributed by atoms with Crippen molar-refractivity contribution in [1.29, 1.82) is 0 Å². The predicted molar refractivity (Wildman–Crippen MR) is 61.8 cm³/mol. The molecule has 0 N–H and O–H groups in total. The summed E-state index contributed by atoms with van der Waals surface area (Å²) in [6.45, 7) is 0.152. The molecule has 1 heterocycles. The summed E-state index contributed by atoms with van der Waals surface area (Å²) in [5.41, 5.74) is 9.33. The molecule has 1 aliphatic heterocycles. The van der Waals surface area contributed by atoms with E-state index in [4.69, 9.17) is 10.3 Å². The number of hydrogen-bond donors (Lipinski definition) is 0. The van der Waals surface area contributed by atoms with Gasteiger partial charge in [-0.15, -0.1) is 0 Å². The second kappa shape index (κ2) is 5.25. The Morgan fingerprint density at radius 2 is 2.22 bits per heavy atom. The Bertz CT molecular complexity index is 509. The molecule has 2 amide bonds. The molecule has 1 aliphatic rings. The topological polar surface area (TPSA) is 83.0 Å². The van der Waals surface area contributed by atoms with Crippen molar-refractivity contribution < 1.29 is 19.1 Å². The molecule has 18 heavy (non-hydrogen) atoms. The number of rotatable bonds is 3. The first-order valence-corrected chi connectivity index (χ1v) is 5.43. The molecule has 0 aromatic heterocycles. The van der Waals surface area contributed by atoms with E-state index in [0.717, 1.165) is 10.5 Å². The van der Waals surface area contributed by atoms with E-state index in [2.05, 4.69) is 4.79 Å². The van der Waals surface area contributed by atoms with Crippen LogP contribution in [0.2, 0.25) is 0 Å². The fourth-order valence-electron chi connectivity index (χ4n) is 1.88. The summed E-state index contributed by atoms with van der Waals surface area (Å²) in [6, 6.07) is 9.10. The molecule has 6 heteroatoms. The van der Waals surface area contributed by atoms with Gasteiger partial charge in [-0.3, -0.25) is 4.79 Å². The molecule has 1 aromatic rings. The lowest BCUT2D eigenvalue weighted by atomic mass is 10.1. The quantitative estimate of drug-likeness (QED) is 0.450. The van der Waals surface area contributed by atoms with Crippen LogP contribution >= 0.6 is 0 Å². The zero-order valence-corrected chi connectivity index (χ0v) is 9.52. The predicted octanol–water partition coefficient (Wildman–Crippen LogP) is 0.877. The smallest absolute Gasteiger partial charge is 0.417 e. The third-order valence-corrected chi connectivity index (χ3v) is 2.68. The van der Waals surface area contributed by atoms with E-state index in [1.54, 1.807) is 0 Å². The van der Waals surface area contributed by atoms with E-state index in [0.29, 0.717) is 12.6 Å². The van der Waals surface area contributed by atoms with Crippen molar-refractivity contribution in [2.24, 2.45) is 0 Å². The number of imide groups is 1. The fourth-order valence-corrected chi connectivity index (χ4v) is 1.88. The molecule has 0 unspecified atom stereocenters. The first kappa shape index (κ1) is 12.0. The van der Waals surface area contributed by atoms with Gasteiger partial charge in [0.1, 0.15) is 6.61 Å². The Morgan fingerprint density at radius 3 is 2.89 bits per heavy atom. The van der Waals surface area contributed by atoms with Gasteiger partial charge < -0.3 is 10.3 Å². The van der Waals surface area contributed by atoms with Gasteiger partial charge in [-0.05, 0) is 12.0 Å². The van der Waals surface area contributed by atoms with Gasteiger partial charge in [-0.2, -0.15) is 4.79 Å². The number of cyclic esters (lactones) is 1. The fraction of sp³-hybridized carbons (Fsp3) is 0.250. The second-order valence-electron chi connectivity index (χ2n) is 3.87. The number of nitrogens with zero attached hydrogens (tertiary/aromatic N) is 3. The standard InChI is InChI=1S/C12H11N3O3/c13-14-7-11(16)15-10(8-18-12(15)17)6-9-4-2-1-3-5-9/h1-5,7,10H,6,8H2/t10-/m0/s1. The zero-order chi connectivity index (χ0) is 13.0. The van der Waals surface area contributed by atoms with Gasteiger partial charge in [-0.25, -0.2) is 9.69 Å². The molecule has 0 radical (unpaired) electrons. The van der Waals surface area contributed by atoms with Crippen LogP contribution in [0.1, 0.15) is 5.56 Å². The summed E-state index contributed by atoms with van der Waals surface area (Å²) in [5, 5.41) is 0. The molecule has 6 nitrogen and oxygen atoms in total. The van der Waals surface area contributed by atoms with Gasteiger partial charge in [0.2, 0.25) is 0 Å². The Hall–Kier alpha value is -2.46. The van der Waals surface area contributed by atoms with Crippen molar-refractivity contribution >= 4 is 18.2 Å². The molecular formula is C12H11N3O3. The molecule has 0 aliphatic carbocycles. The first-order chi connectivity index (χ1) is 8.72. The van der Waals surface area contributed by atoms with Gasteiger partial charge >= 0.3 is 18.2 Å². The Balaban J connectivity index is 2.14. The minimum Gasteiger partial charge on any atom is -0.447 e. The molecule has 92 valence electrons. The van der Waals surface area contributed by atoms with E-state index in [1.807, 2.05) is 30.3 Å². The highest BCUT2D eigenvalue weighted by atomic mass is 16.6. The number of carbonyl (C=O) groups is 2. The molecule has 0 bridgehead atoms. The van der Waals surface area contributed by atoms with Crippen LogP contribution in [-0.4, -0.2) is 40.6 Å². The summed E-state index contributed by atoms with van der Waals surface area (Å²) in [6.07, 6.45) is 0.489. The van der Waals surface area contributed by atoms with Crippen molar-refractivity contribution in [3.8, 4) is 0 Å². The highest BCUT2D eigenvalue weighted by Crippen LogP contribution is 2.16. The molecule has 0 saturated carbocycles. The van der Waals surface area contributed by atoms with Crippen LogP contribution in [0.3, 0.4) is 0 Å². The van der Waals surface area contributed by atoms with Crippen molar-refractivity contribution in [2.45, 2.75) is 12.5 Å². The van der Waals surface area contributed by atoms with Crippen LogP contribution in [0.5, 0.6) is 0 Å². The van der Waals surface area contributed by atoms with Crippen molar-refractivity contribution in [3.63, 3.8) is 0 Å². The van der Waals surface area contributed by atoms with Crippen LogP contribution in [0, 0.1) is 0 Å². The highest BCUT2D eigenvalue weighted by Gasteiger charge is 2.38. The van der Waals surface area contributed by atoms with Gasteiger partial charge in [0.15, 0.2) is 0 Å². The lowest BCUT2D eigenvalue weighted by molar-refractivity contribution is -0.125. The number of carbonyl (C=O) groups excluding carboxylic acids is 2. The van der Waals surface area contributed by atoms with E-state index in [1.165, 1.54) is 0 Å². The number of hydrogen-bond acceptors (Lipinski definition) is 3. The number of amides is 2. The minimum atomic E-state index is -0.708. The van der Waals surface area contributed by atoms with Crippen molar-refractivity contribution in [3.05, 3.63) is 41.4 Å². The lowest BCUT2D eigenvalue weighted by Gasteiger charge is -2.16. The molecule has 1 atom stereocenters. The largest absolute Gasteiger partial charge is 0.447 e. The Labute approximate surface area is 103 Å². The SMILES string of the molecule is [N-]=[N+]=CC(=O)N1C(=O)OC[C@@H]1Cc1ccccc1. The van der Waals surface area contributed by atoms with Gasteiger partial charge in [0, 0.05) is 0 Å². The summed E-state index contributed by atoms with van der Waals surface area (Å²) in [4.78, 5) is 26.6. The Kier molecular flexibility index (Phi) is 3.50.